The molecule has 0 aliphatic heterocycles. The van der Waals surface area contributed by atoms with E-state index >= 15 is 0 Å². The molecule has 0 saturated heterocycles. The summed E-state index contributed by atoms with van der Waals surface area (Å²) in [6, 6.07) is 2.00. The van der Waals surface area contributed by atoms with E-state index in [-0.39, 0.29) is 0 Å². The molecular weight excluding hydrogens is 152 g/mol. The van der Waals surface area contributed by atoms with Crippen LogP contribution in [-0.2, 0) is 0 Å². The smallest absolute Gasteiger partial charge is 0.151 e. The third-order valence-electron chi connectivity index (χ3n) is 1.75. The molecule has 4 nitrogen and oxygen atoms in total. The molecular formula is C8H10N4. The monoisotopic (exact) mass is 162 g/mol. The highest BCUT2D eigenvalue weighted by Gasteiger charge is 2.01. The Kier molecular flexibility index (Phi) is 1.46. The zero-order valence-electron chi connectivity index (χ0n) is 7.07. The van der Waals surface area contributed by atoms with Crippen molar-refractivity contribution in [2.75, 3.05) is 12.4 Å². The molecule has 0 unspecified atom stereocenters. The van der Waals surface area contributed by atoms with Gasteiger partial charge in [0.2, 0.25) is 0 Å². The summed E-state index contributed by atoms with van der Waals surface area (Å²) in [6.07, 6.45) is 3.56. The van der Waals surface area contributed by atoms with Crippen LogP contribution < -0.4 is 5.32 Å². The topological polar surface area (TPSA) is 42.2 Å². The Balaban J connectivity index is 2.78. The Labute approximate surface area is 70.2 Å². The molecule has 2 aromatic rings. The summed E-state index contributed by atoms with van der Waals surface area (Å²) in [5.41, 5.74) is 2.01. The van der Waals surface area contributed by atoms with Gasteiger partial charge in [0.25, 0.3) is 0 Å². The van der Waals surface area contributed by atoms with Crippen molar-refractivity contribution >= 4 is 11.3 Å². The van der Waals surface area contributed by atoms with Gasteiger partial charge in [-0.2, -0.15) is 5.10 Å². The van der Waals surface area contributed by atoms with E-state index in [4.69, 9.17) is 0 Å². The zero-order chi connectivity index (χ0) is 8.55. The molecule has 4 heteroatoms. The fraction of sp³-hybridized carbons (Fsp3) is 0.250. The van der Waals surface area contributed by atoms with Gasteiger partial charge in [0.1, 0.15) is 5.52 Å². The molecule has 62 valence electrons. The van der Waals surface area contributed by atoms with Gasteiger partial charge in [-0.1, -0.05) is 0 Å². The van der Waals surface area contributed by atoms with Gasteiger partial charge in [-0.05, 0) is 13.0 Å². The van der Waals surface area contributed by atoms with E-state index in [1.807, 2.05) is 30.8 Å². The molecule has 0 aliphatic carbocycles. The van der Waals surface area contributed by atoms with E-state index in [1.165, 1.54) is 0 Å². The van der Waals surface area contributed by atoms with Crippen molar-refractivity contribution in [3.63, 3.8) is 0 Å². The van der Waals surface area contributed by atoms with Crippen LogP contribution >= 0.6 is 0 Å². The number of aryl methyl sites for hydroxylation is 1. The second-order valence-corrected chi connectivity index (χ2v) is 2.64. The number of nitrogens with zero attached hydrogens (tertiary/aromatic N) is 3. The van der Waals surface area contributed by atoms with E-state index < -0.39 is 0 Å². The van der Waals surface area contributed by atoms with Crippen molar-refractivity contribution in [1.29, 1.82) is 0 Å². The predicted octanol–water partition coefficient (Wildman–Crippen LogP) is 1.08. The van der Waals surface area contributed by atoms with Crippen LogP contribution in [-0.4, -0.2) is 21.6 Å². The number of hydrogen-bond donors (Lipinski definition) is 1. The van der Waals surface area contributed by atoms with Gasteiger partial charge in [0.05, 0.1) is 5.69 Å². The first kappa shape index (κ1) is 7.09. The molecule has 2 heterocycles. The predicted molar refractivity (Wildman–Crippen MR) is 47.3 cm³/mol. The first-order valence-corrected chi connectivity index (χ1v) is 3.80. The molecule has 1 N–H and O–H groups in total. The summed E-state index contributed by atoms with van der Waals surface area (Å²) in [5, 5.41) is 7.27. The average molecular weight is 162 g/mol. The molecule has 0 amide bonds. The average Bonchev–Trinajstić information content (AvgIpc) is 2.44. The maximum atomic E-state index is 4.26. The number of nitrogens with one attached hydrogen (secondary N) is 1. The van der Waals surface area contributed by atoms with Gasteiger partial charge in [0, 0.05) is 19.4 Å². The minimum Gasteiger partial charge on any atom is -0.371 e. The van der Waals surface area contributed by atoms with Gasteiger partial charge in [-0.25, -0.2) is 9.50 Å². The molecule has 0 spiro atoms. The first-order valence-electron chi connectivity index (χ1n) is 3.80. The van der Waals surface area contributed by atoms with E-state index in [0.29, 0.717) is 0 Å². The van der Waals surface area contributed by atoms with Gasteiger partial charge in [-0.3, -0.25) is 0 Å². The van der Waals surface area contributed by atoms with E-state index in [0.717, 1.165) is 17.0 Å². The number of aromatic nitrogens is 3. The van der Waals surface area contributed by atoms with Crippen molar-refractivity contribution in [2.45, 2.75) is 6.92 Å². The number of rotatable bonds is 1. The molecule has 12 heavy (non-hydrogen) atoms. The largest absolute Gasteiger partial charge is 0.371 e. The lowest BCUT2D eigenvalue weighted by atomic mass is 10.4. The van der Waals surface area contributed by atoms with E-state index in [9.17, 15) is 0 Å². The maximum absolute atomic E-state index is 4.26. The SMILES string of the molecule is CNc1nccn2nc(C)cc12. The Morgan fingerprint density at radius 2 is 2.33 bits per heavy atom. The van der Waals surface area contributed by atoms with Gasteiger partial charge in [0.15, 0.2) is 5.82 Å². The Morgan fingerprint density at radius 1 is 1.50 bits per heavy atom. The van der Waals surface area contributed by atoms with Crippen molar-refractivity contribution < 1.29 is 0 Å². The lowest BCUT2D eigenvalue weighted by molar-refractivity contribution is 0.923. The quantitative estimate of drug-likeness (QED) is 0.682. The molecule has 0 aliphatic rings. The molecule has 0 saturated carbocycles. The summed E-state index contributed by atoms with van der Waals surface area (Å²) in [5.74, 6) is 0.859. The zero-order valence-corrected chi connectivity index (χ0v) is 7.07. The number of fused-ring (bicyclic) bond motifs is 1. The Bertz CT molecular complexity index is 404. The van der Waals surface area contributed by atoms with Crippen LogP contribution in [0.25, 0.3) is 5.52 Å². The van der Waals surface area contributed by atoms with Crippen LogP contribution in [0.4, 0.5) is 5.82 Å². The summed E-state index contributed by atoms with van der Waals surface area (Å²) in [7, 11) is 1.85. The third kappa shape index (κ3) is 0.922. The normalized spacial score (nSPS) is 10.5. The first-order chi connectivity index (χ1) is 5.81. The Morgan fingerprint density at radius 3 is 3.08 bits per heavy atom. The summed E-state index contributed by atoms with van der Waals surface area (Å²) in [6.45, 7) is 1.96. The van der Waals surface area contributed by atoms with Crippen LogP contribution in [0, 0.1) is 6.92 Å². The highest BCUT2D eigenvalue weighted by molar-refractivity contribution is 5.67. The lowest BCUT2D eigenvalue weighted by Crippen LogP contribution is -1.96. The van der Waals surface area contributed by atoms with Gasteiger partial charge in [-0.15, -0.1) is 0 Å². The standard InChI is InChI=1S/C8H10N4/c1-6-5-7-8(9-2)10-3-4-12(7)11-6/h3-5H,1-2H3,(H,9,10). The van der Waals surface area contributed by atoms with E-state index in [1.54, 1.807) is 6.20 Å². The minimum atomic E-state index is 0.859. The fourth-order valence-corrected chi connectivity index (χ4v) is 1.24. The van der Waals surface area contributed by atoms with Crippen LogP contribution in [0.3, 0.4) is 0 Å². The highest BCUT2D eigenvalue weighted by Crippen LogP contribution is 2.12. The van der Waals surface area contributed by atoms with Gasteiger partial charge < -0.3 is 5.32 Å². The minimum absolute atomic E-state index is 0.859. The fourth-order valence-electron chi connectivity index (χ4n) is 1.24. The summed E-state index contributed by atoms with van der Waals surface area (Å²) < 4.78 is 1.81. The molecule has 0 fully saturated rings. The number of hydrogen-bond acceptors (Lipinski definition) is 3. The van der Waals surface area contributed by atoms with Crippen LogP contribution in [0.2, 0.25) is 0 Å². The van der Waals surface area contributed by atoms with Crippen molar-refractivity contribution in [1.82, 2.24) is 14.6 Å². The maximum Gasteiger partial charge on any atom is 0.151 e. The van der Waals surface area contributed by atoms with E-state index in [2.05, 4.69) is 15.4 Å². The van der Waals surface area contributed by atoms with Crippen molar-refractivity contribution in [3.8, 4) is 0 Å². The van der Waals surface area contributed by atoms with Crippen LogP contribution in [0.1, 0.15) is 5.69 Å². The van der Waals surface area contributed by atoms with Gasteiger partial charge >= 0.3 is 0 Å². The molecule has 0 atom stereocenters. The molecule has 0 bridgehead atoms. The Hall–Kier alpha value is -1.58. The van der Waals surface area contributed by atoms with Crippen LogP contribution in [0.15, 0.2) is 18.5 Å². The number of anilines is 1. The molecule has 2 rings (SSSR count). The molecule has 0 radical (unpaired) electrons. The highest BCUT2D eigenvalue weighted by atomic mass is 15.2. The molecule has 0 aromatic carbocycles. The second-order valence-electron chi connectivity index (χ2n) is 2.64. The third-order valence-corrected chi connectivity index (χ3v) is 1.75. The van der Waals surface area contributed by atoms with Crippen molar-refractivity contribution in [3.05, 3.63) is 24.2 Å². The summed E-state index contributed by atoms with van der Waals surface area (Å²) in [4.78, 5) is 4.17. The molecule has 2 aromatic heterocycles. The van der Waals surface area contributed by atoms with Crippen molar-refractivity contribution in [2.24, 2.45) is 0 Å². The summed E-state index contributed by atoms with van der Waals surface area (Å²) >= 11 is 0. The van der Waals surface area contributed by atoms with Crippen LogP contribution in [0.5, 0.6) is 0 Å². The lowest BCUT2D eigenvalue weighted by Gasteiger charge is -1.99. The second kappa shape index (κ2) is 2.48.